The molecule has 2 aromatic heterocycles. The highest BCUT2D eigenvalue weighted by molar-refractivity contribution is 8.45. The van der Waals surface area contributed by atoms with Gasteiger partial charge in [0.25, 0.3) is 0 Å². The summed E-state index contributed by atoms with van der Waals surface area (Å²) >= 11 is 0. The van der Waals surface area contributed by atoms with Crippen LogP contribution in [0.2, 0.25) is 0 Å². The van der Waals surface area contributed by atoms with Crippen molar-refractivity contribution in [2.24, 2.45) is 0 Å². The Balaban J connectivity index is 2.10. The van der Waals surface area contributed by atoms with E-state index < -0.39 is 27.1 Å². The molecule has 0 saturated carbocycles. The van der Waals surface area contributed by atoms with Crippen LogP contribution < -0.4 is 0 Å². The van der Waals surface area contributed by atoms with Crippen molar-refractivity contribution >= 4 is 27.2 Å². The fourth-order valence-electron chi connectivity index (χ4n) is 2.67. The van der Waals surface area contributed by atoms with E-state index in [2.05, 4.69) is 19.8 Å². The van der Waals surface area contributed by atoms with Gasteiger partial charge in [-0.25, -0.2) is 19.4 Å². The van der Waals surface area contributed by atoms with Crippen molar-refractivity contribution in [3.05, 3.63) is 47.5 Å². The fourth-order valence-corrected chi connectivity index (χ4v) is 3.32. The molecule has 3 rings (SSSR count). The smallest absolute Gasteiger partial charge is 0.359 e. The Bertz CT molecular complexity index is 1080. The molecule has 6 nitrogen and oxygen atoms in total. The first-order valence-electron chi connectivity index (χ1n) is 7.85. The van der Waals surface area contributed by atoms with Gasteiger partial charge in [0, 0.05) is 6.20 Å². The predicted molar refractivity (Wildman–Crippen MR) is 93.1 cm³/mol. The molecule has 0 fully saturated rings. The molecule has 0 aliphatic carbocycles. The van der Waals surface area contributed by atoms with Crippen LogP contribution in [0.15, 0.2) is 35.4 Å². The van der Waals surface area contributed by atoms with Crippen LogP contribution in [0.3, 0.4) is 0 Å². The third-order valence-electron chi connectivity index (χ3n) is 4.12. The van der Waals surface area contributed by atoms with E-state index in [1.807, 2.05) is 0 Å². The summed E-state index contributed by atoms with van der Waals surface area (Å²) in [5, 5.41) is 4.45. The number of fused-ring (bicyclic) bond motifs is 1. The van der Waals surface area contributed by atoms with Gasteiger partial charge in [0.1, 0.15) is 10.7 Å². The van der Waals surface area contributed by atoms with Crippen LogP contribution in [-0.4, -0.2) is 32.8 Å². The summed E-state index contributed by atoms with van der Waals surface area (Å²) in [6.07, 6.45) is 1.39. The number of carbonyl (C=O) groups is 1. The molecule has 0 N–H and O–H groups in total. The van der Waals surface area contributed by atoms with Crippen LogP contribution in [0.5, 0.6) is 0 Å². The van der Waals surface area contributed by atoms with Crippen LogP contribution >= 0.6 is 10.2 Å². The van der Waals surface area contributed by atoms with Gasteiger partial charge in [-0.05, 0) is 31.5 Å². The summed E-state index contributed by atoms with van der Waals surface area (Å²) in [4.78, 5) is 18.2. The average molecular weight is 422 g/mol. The van der Waals surface area contributed by atoms with Gasteiger partial charge in [-0.2, -0.15) is 5.10 Å². The molecule has 3 aromatic rings. The monoisotopic (exact) mass is 422 g/mol. The van der Waals surface area contributed by atoms with Gasteiger partial charge in [0.05, 0.1) is 18.5 Å². The number of rotatable bonds is 4. The van der Waals surface area contributed by atoms with Gasteiger partial charge in [-0.15, -0.1) is 0 Å². The summed E-state index contributed by atoms with van der Waals surface area (Å²) in [6, 6.07) is 1.85. The maximum atomic E-state index is 12.9. The third-order valence-corrected chi connectivity index (χ3v) is 5.29. The predicted octanol–water partition coefficient (Wildman–Crippen LogP) is 5.19. The molecule has 0 radical (unpaired) electrons. The third kappa shape index (κ3) is 3.63. The minimum Gasteiger partial charge on any atom is -0.464 e. The molecule has 1 atom stereocenters. The molecular weight excluding hydrogens is 407 g/mol. The summed E-state index contributed by atoms with van der Waals surface area (Å²) in [5.74, 6) is -0.354. The molecular formula is C16H15F5N4O2S. The SMILES string of the molecule is COC(=O)c1nn(C(C)c2ccc(S(F)(F)(F)(F)F)cc2)c2nc(C)ncc12. The lowest BCUT2D eigenvalue weighted by Crippen LogP contribution is -2.12. The standard InChI is InChI=1S/C16H15F5N4O2S/c1-9(11-4-6-12(7-5-11)28(17,18,19,20)21)25-15-13(8-22-10(2)23-15)14(24-25)16(26)27-3/h4-9H,1-3H3. The Hall–Kier alpha value is -2.76. The number of esters is 1. The van der Waals surface area contributed by atoms with Crippen molar-refractivity contribution in [3.63, 3.8) is 0 Å². The van der Waals surface area contributed by atoms with E-state index >= 15 is 0 Å². The number of methoxy groups -OCH3 is 1. The first kappa shape index (κ1) is 20.0. The van der Waals surface area contributed by atoms with Gasteiger partial charge in [-0.1, -0.05) is 31.6 Å². The molecule has 0 bridgehead atoms. The van der Waals surface area contributed by atoms with Crippen molar-refractivity contribution < 1.29 is 29.0 Å². The van der Waals surface area contributed by atoms with Crippen molar-refractivity contribution in [2.45, 2.75) is 24.8 Å². The second-order valence-corrected chi connectivity index (χ2v) is 8.56. The minimum absolute atomic E-state index is 0.0621. The van der Waals surface area contributed by atoms with Crippen molar-refractivity contribution in [1.82, 2.24) is 19.7 Å². The molecule has 0 aliphatic rings. The average Bonchev–Trinajstić information content (AvgIpc) is 2.97. The maximum absolute atomic E-state index is 12.9. The topological polar surface area (TPSA) is 69.9 Å². The van der Waals surface area contributed by atoms with Crippen LogP contribution in [0.1, 0.15) is 34.8 Å². The van der Waals surface area contributed by atoms with E-state index in [4.69, 9.17) is 0 Å². The highest BCUT2D eigenvalue weighted by Gasteiger charge is 2.65. The van der Waals surface area contributed by atoms with Crippen molar-refractivity contribution in [2.75, 3.05) is 7.11 Å². The number of aromatic nitrogens is 4. The Labute approximate surface area is 156 Å². The second-order valence-electron chi connectivity index (χ2n) is 6.15. The van der Waals surface area contributed by atoms with E-state index in [0.29, 0.717) is 23.3 Å². The van der Waals surface area contributed by atoms with E-state index in [9.17, 15) is 24.2 Å². The molecule has 28 heavy (non-hydrogen) atoms. The number of benzene rings is 1. The van der Waals surface area contributed by atoms with Gasteiger partial charge < -0.3 is 4.74 Å². The molecule has 1 unspecified atom stereocenters. The van der Waals surface area contributed by atoms with Crippen LogP contribution in [0, 0.1) is 6.92 Å². The molecule has 0 amide bonds. The van der Waals surface area contributed by atoms with Crippen LogP contribution in [0.4, 0.5) is 19.4 Å². The number of ether oxygens (including phenoxy) is 1. The van der Waals surface area contributed by atoms with Crippen molar-refractivity contribution in [3.8, 4) is 0 Å². The minimum atomic E-state index is -9.75. The highest BCUT2D eigenvalue weighted by Crippen LogP contribution is 3.02. The zero-order valence-corrected chi connectivity index (χ0v) is 15.7. The first-order chi connectivity index (χ1) is 12.7. The Morgan fingerprint density at radius 2 is 1.75 bits per heavy atom. The van der Waals surface area contributed by atoms with E-state index in [-0.39, 0.29) is 16.9 Å². The van der Waals surface area contributed by atoms with E-state index in [0.717, 1.165) is 12.1 Å². The quantitative estimate of drug-likeness (QED) is 0.428. The Morgan fingerprint density at radius 3 is 2.29 bits per heavy atom. The summed E-state index contributed by atoms with van der Waals surface area (Å²) in [5.41, 5.74) is 0.466. The number of halogens is 5. The molecule has 2 heterocycles. The summed E-state index contributed by atoms with van der Waals surface area (Å²) in [7, 11) is -8.58. The van der Waals surface area contributed by atoms with Gasteiger partial charge >= 0.3 is 16.2 Å². The van der Waals surface area contributed by atoms with Crippen LogP contribution in [0.25, 0.3) is 11.0 Å². The van der Waals surface area contributed by atoms with Gasteiger partial charge in [0.15, 0.2) is 11.3 Å². The Morgan fingerprint density at radius 1 is 1.14 bits per heavy atom. The molecule has 152 valence electrons. The molecule has 1 aromatic carbocycles. The van der Waals surface area contributed by atoms with Crippen molar-refractivity contribution in [1.29, 1.82) is 0 Å². The second kappa shape index (κ2) is 5.63. The molecule has 0 spiro atoms. The number of hydrogen-bond acceptors (Lipinski definition) is 5. The lowest BCUT2D eigenvalue weighted by Gasteiger charge is -2.40. The highest BCUT2D eigenvalue weighted by atomic mass is 32.5. The summed E-state index contributed by atoms with van der Waals surface area (Å²) in [6.45, 7) is 3.20. The number of hydrogen-bond donors (Lipinski definition) is 0. The Kier molecular flexibility index (Phi) is 4.02. The van der Waals surface area contributed by atoms with Crippen LogP contribution in [-0.2, 0) is 4.74 Å². The number of carbonyl (C=O) groups excluding carboxylic acids is 1. The van der Waals surface area contributed by atoms with E-state index in [1.54, 1.807) is 13.8 Å². The first-order valence-corrected chi connectivity index (χ1v) is 9.80. The normalized spacial score (nSPS) is 15.7. The lowest BCUT2D eigenvalue weighted by molar-refractivity contribution is 0.0595. The molecule has 0 aliphatic heterocycles. The molecule has 12 heteroatoms. The maximum Gasteiger partial charge on any atom is 0.359 e. The zero-order chi connectivity index (χ0) is 21.0. The number of nitrogens with zero attached hydrogens (tertiary/aromatic N) is 4. The largest absolute Gasteiger partial charge is 0.464 e. The lowest BCUT2D eigenvalue weighted by atomic mass is 10.1. The molecule has 0 saturated heterocycles. The summed E-state index contributed by atoms with van der Waals surface area (Å²) < 4.78 is 70.5. The zero-order valence-electron chi connectivity index (χ0n) is 14.9. The fraction of sp³-hybridized carbons (Fsp3) is 0.250. The number of aryl methyl sites for hydroxylation is 1. The van der Waals surface area contributed by atoms with Gasteiger partial charge in [0.2, 0.25) is 0 Å². The van der Waals surface area contributed by atoms with E-state index in [1.165, 1.54) is 18.0 Å². The van der Waals surface area contributed by atoms with Gasteiger partial charge in [-0.3, -0.25) is 0 Å².